The van der Waals surface area contributed by atoms with Crippen LogP contribution in [-0.4, -0.2) is 53.2 Å². The number of methoxy groups -OCH3 is 1. The van der Waals surface area contributed by atoms with Crippen LogP contribution in [0.25, 0.3) is 10.9 Å². The van der Waals surface area contributed by atoms with Gasteiger partial charge in [0.15, 0.2) is 5.11 Å². The van der Waals surface area contributed by atoms with Crippen LogP contribution in [0.15, 0.2) is 47.3 Å². The van der Waals surface area contributed by atoms with Crippen molar-refractivity contribution in [3.8, 4) is 5.75 Å². The van der Waals surface area contributed by atoms with Gasteiger partial charge in [-0.15, -0.1) is 0 Å². The second-order valence-corrected chi connectivity index (χ2v) is 8.58. The fraction of sp³-hybridized carbons (Fsp3) is 0.385. The molecule has 0 spiro atoms. The summed E-state index contributed by atoms with van der Waals surface area (Å²) in [5, 5.41) is 4.95. The highest BCUT2D eigenvalue weighted by Crippen LogP contribution is 2.24. The molecule has 3 rings (SSSR count). The summed E-state index contributed by atoms with van der Waals surface area (Å²) in [5.74, 6) is 0.721. The van der Waals surface area contributed by atoms with E-state index in [4.69, 9.17) is 17.0 Å². The fourth-order valence-corrected chi connectivity index (χ4v) is 4.20. The highest BCUT2D eigenvalue weighted by atomic mass is 32.1. The zero-order chi connectivity index (χ0) is 24.0. The van der Waals surface area contributed by atoms with Crippen molar-refractivity contribution >= 4 is 33.9 Å². The van der Waals surface area contributed by atoms with E-state index in [2.05, 4.69) is 46.9 Å². The molecule has 2 aromatic carbocycles. The smallest absolute Gasteiger partial charge is 0.253 e. The Labute approximate surface area is 201 Å². The number of rotatable bonds is 9. The Kier molecular flexibility index (Phi) is 8.47. The van der Waals surface area contributed by atoms with Gasteiger partial charge in [0.25, 0.3) is 5.56 Å². The molecule has 0 bridgehead atoms. The number of para-hydroxylation sites is 2. The summed E-state index contributed by atoms with van der Waals surface area (Å²) in [6.07, 6.45) is 0. The normalized spacial score (nSPS) is 11.1. The molecular formula is C26H34N4O2S. The van der Waals surface area contributed by atoms with Gasteiger partial charge in [-0.1, -0.05) is 38.1 Å². The molecule has 0 radical (unpaired) electrons. The maximum atomic E-state index is 13.0. The van der Waals surface area contributed by atoms with Crippen LogP contribution >= 0.6 is 12.2 Å². The Bertz CT molecular complexity index is 1170. The van der Waals surface area contributed by atoms with E-state index in [9.17, 15) is 4.79 Å². The molecule has 0 amide bonds. The summed E-state index contributed by atoms with van der Waals surface area (Å²) in [5.41, 5.74) is 4.51. The summed E-state index contributed by atoms with van der Waals surface area (Å²) < 4.78 is 5.47. The molecule has 7 heteroatoms. The van der Waals surface area contributed by atoms with E-state index < -0.39 is 0 Å². The summed E-state index contributed by atoms with van der Waals surface area (Å²) in [7, 11) is 1.64. The topological polar surface area (TPSA) is 60.6 Å². The van der Waals surface area contributed by atoms with E-state index in [1.165, 1.54) is 0 Å². The van der Waals surface area contributed by atoms with Gasteiger partial charge >= 0.3 is 0 Å². The number of hydrogen-bond donors (Lipinski definition) is 2. The minimum absolute atomic E-state index is 0.0795. The lowest BCUT2D eigenvalue weighted by Crippen LogP contribution is -2.41. The third kappa shape index (κ3) is 5.92. The summed E-state index contributed by atoms with van der Waals surface area (Å²) in [6.45, 7) is 12.3. The van der Waals surface area contributed by atoms with Gasteiger partial charge in [-0.3, -0.25) is 4.79 Å². The Balaban J connectivity index is 1.92. The second kappa shape index (κ2) is 11.3. The van der Waals surface area contributed by atoms with Crippen LogP contribution < -0.4 is 15.6 Å². The van der Waals surface area contributed by atoms with Gasteiger partial charge in [0.1, 0.15) is 5.75 Å². The van der Waals surface area contributed by atoms with Gasteiger partial charge in [0.2, 0.25) is 0 Å². The Morgan fingerprint density at radius 1 is 1.06 bits per heavy atom. The maximum absolute atomic E-state index is 13.0. The molecule has 0 saturated carbocycles. The largest absolute Gasteiger partial charge is 0.495 e. The summed E-state index contributed by atoms with van der Waals surface area (Å²) >= 11 is 5.80. The second-order valence-electron chi connectivity index (χ2n) is 8.19. The first-order chi connectivity index (χ1) is 15.9. The van der Waals surface area contributed by atoms with Crippen molar-refractivity contribution in [2.45, 2.75) is 34.2 Å². The van der Waals surface area contributed by atoms with Crippen molar-refractivity contribution in [1.29, 1.82) is 0 Å². The van der Waals surface area contributed by atoms with Gasteiger partial charge < -0.3 is 24.8 Å². The predicted octanol–water partition coefficient (Wildman–Crippen LogP) is 4.69. The molecule has 0 atom stereocenters. The number of hydrogen-bond acceptors (Lipinski definition) is 4. The molecular weight excluding hydrogens is 432 g/mol. The van der Waals surface area contributed by atoms with E-state index >= 15 is 0 Å². The standard InChI is InChI=1S/C26H34N4O2S/c1-6-29(7-2)14-15-30(26(33)27-22-10-8-9-11-23(22)32-5)17-20-16-21-18(3)12-13-19(4)24(21)28-25(20)31/h8-13,16H,6-7,14-15,17H2,1-5H3,(H,27,33)(H,28,31). The number of likely N-dealkylation sites (N-methyl/N-ethyl adjacent to an activating group) is 1. The minimum atomic E-state index is -0.0795. The Hall–Kier alpha value is -2.90. The number of aromatic nitrogens is 1. The third-order valence-electron chi connectivity index (χ3n) is 6.10. The molecule has 33 heavy (non-hydrogen) atoms. The number of H-pyrrole nitrogens is 1. The number of aryl methyl sites for hydroxylation is 2. The number of benzene rings is 2. The fourth-order valence-electron chi connectivity index (χ4n) is 3.94. The quantitative estimate of drug-likeness (QED) is 0.446. The number of pyridine rings is 1. The Morgan fingerprint density at radius 2 is 1.76 bits per heavy atom. The SMILES string of the molecule is CCN(CC)CCN(Cc1cc2c(C)ccc(C)c2[nH]c1=O)C(=S)Nc1ccccc1OC. The lowest BCUT2D eigenvalue weighted by atomic mass is 10.0. The van der Waals surface area contributed by atoms with E-state index in [0.29, 0.717) is 23.8 Å². The highest BCUT2D eigenvalue weighted by Gasteiger charge is 2.16. The van der Waals surface area contributed by atoms with E-state index in [0.717, 1.165) is 53.1 Å². The van der Waals surface area contributed by atoms with Gasteiger partial charge in [0, 0.05) is 24.0 Å². The van der Waals surface area contributed by atoms with Crippen molar-refractivity contribution in [2.24, 2.45) is 0 Å². The zero-order valence-electron chi connectivity index (χ0n) is 20.2. The number of aromatic amines is 1. The average molecular weight is 467 g/mol. The molecule has 3 aromatic rings. The summed E-state index contributed by atoms with van der Waals surface area (Å²) in [6, 6.07) is 13.8. The summed E-state index contributed by atoms with van der Waals surface area (Å²) in [4.78, 5) is 20.5. The maximum Gasteiger partial charge on any atom is 0.253 e. The van der Waals surface area contributed by atoms with Crippen LogP contribution in [0.1, 0.15) is 30.5 Å². The van der Waals surface area contributed by atoms with Crippen LogP contribution in [0.5, 0.6) is 5.75 Å². The van der Waals surface area contributed by atoms with Crippen LogP contribution in [0.2, 0.25) is 0 Å². The third-order valence-corrected chi connectivity index (χ3v) is 6.46. The van der Waals surface area contributed by atoms with Crippen molar-refractivity contribution in [1.82, 2.24) is 14.8 Å². The van der Waals surface area contributed by atoms with Gasteiger partial charge in [-0.05, 0) is 68.5 Å². The number of nitrogens with zero attached hydrogens (tertiary/aromatic N) is 2. The van der Waals surface area contributed by atoms with Crippen LogP contribution in [0, 0.1) is 13.8 Å². The molecule has 176 valence electrons. The molecule has 0 aliphatic carbocycles. The lowest BCUT2D eigenvalue weighted by Gasteiger charge is -2.29. The zero-order valence-corrected chi connectivity index (χ0v) is 21.0. The van der Waals surface area contributed by atoms with Gasteiger partial charge in [0.05, 0.1) is 24.9 Å². The number of anilines is 1. The minimum Gasteiger partial charge on any atom is -0.495 e. The first kappa shape index (κ1) is 24.7. The monoisotopic (exact) mass is 466 g/mol. The molecule has 6 nitrogen and oxygen atoms in total. The van der Waals surface area contributed by atoms with Gasteiger partial charge in [-0.2, -0.15) is 0 Å². The molecule has 0 fully saturated rings. The average Bonchev–Trinajstić information content (AvgIpc) is 2.82. The molecule has 1 aromatic heterocycles. The molecule has 1 heterocycles. The molecule has 0 unspecified atom stereocenters. The lowest BCUT2D eigenvalue weighted by molar-refractivity contribution is 0.266. The van der Waals surface area contributed by atoms with E-state index in [1.54, 1.807) is 7.11 Å². The number of thiocarbonyl (C=S) groups is 1. The predicted molar refractivity (Wildman–Crippen MR) is 141 cm³/mol. The first-order valence-electron chi connectivity index (χ1n) is 11.4. The van der Waals surface area contributed by atoms with Crippen molar-refractivity contribution in [3.05, 3.63) is 69.5 Å². The van der Waals surface area contributed by atoms with E-state index in [1.807, 2.05) is 43.3 Å². The number of fused-ring (bicyclic) bond motifs is 1. The van der Waals surface area contributed by atoms with Crippen molar-refractivity contribution < 1.29 is 4.74 Å². The molecule has 2 N–H and O–H groups in total. The first-order valence-corrected chi connectivity index (χ1v) is 11.8. The molecule has 0 aliphatic heterocycles. The Morgan fingerprint density at radius 3 is 2.45 bits per heavy atom. The number of ether oxygens (including phenoxy) is 1. The van der Waals surface area contributed by atoms with E-state index in [-0.39, 0.29) is 5.56 Å². The molecule has 0 saturated heterocycles. The number of nitrogens with one attached hydrogen (secondary N) is 2. The van der Waals surface area contributed by atoms with Crippen molar-refractivity contribution in [2.75, 3.05) is 38.6 Å². The van der Waals surface area contributed by atoms with Crippen molar-refractivity contribution in [3.63, 3.8) is 0 Å². The van der Waals surface area contributed by atoms with Crippen LogP contribution in [0.4, 0.5) is 5.69 Å². The van der Waals surface area contributed by atoms with Crippen LogP contribution in [-0.2, 0) is 6.54 Å². The van der Waals surface area contributed by atoms with Gasteiger partial charge in [-0.25, -0.2) is 0 Å². The highest BCUT2D eigenvalue weighted by molar-refractivity contribution is 7.80. The molecule has 0 aliphatic rings. The van der Waals surface area contributed by atoms with Crippen LogP contribution in [0.3, 0.4) is 0 Å².